The molecule has 0 spiro atoms. The number of pyridine rings is 1. The highest BCUT2D eigenvalue weighted by Crippen LogP contribution is 2.26. The van der Waals surface area contributed by atoms with Gasteiger partial charge in [-0.1, -0.05) is 6.07 Å². The molecule has 0 atom stereocenters. The zero-order chi connectivity index (χ0) is 17.1. The fourth-order valence-corrected chi connectivity index (χ4v) is 2.18. The second-order valence-corrected chi connectivity index (χ2v) is 4.87. The first-order valence-corrected chi connectivity index (χ1v) is 6.96. The molecule has 0 aliphatic heterocycles. The van der Waals surface area contributed by atoms with E-state index in [2.05, 4.69) is 20.3 Å². The van der Waals surface area contributed by atoms with Gasteiger partial charge in [-0.15, -0.1) is 0 Å². The summed E-state index contributed by atoms with van der Waals surface area (Å²) in [5.74, 6) is -2.22. The zero-order valence-electron chi connectivity index (χ0n) is 12.3. The molecule has 3 rings (SSSR count). The molecule has 0 saturated carbocycles. The standard InChI is InChI=1S/C16H12N4O4/c21-12-5-4-10-15(14(12)16(24)19-8-13(22)23)18-7-11(20-10)9-3-1-2-6-17-9/h1-7,21H,8H2,(H,19,24)(H,22,23). The van der Waals surface area contributed by atoms with Crippen LogP contribution in [0, 0.1) is 0 Å². The van der Waals surface area contributed by atoms with Crippen molar-refractivity contribution in [1.82, 2.24) is 20.3 Å². The van der Waals surface area contributed by atoms with Crippen LogP contribution in [0.2, 0.25) is 0 Å². The van der Waals surface area contributed by atoms with Crippen molar-refractivity contribution in [2.24, 2.45) is 0 Å². The third-order valence-electron chi connectivity index (χ3n) is 3.25. The number of nitrogens with zero attached hydrogens (tertiary/aromatic N) is 3. The Labute approximate surface area is 135 Å². The lowest BCUT2D eigenvalue weighted by Crippen LogP contribution is -2.29. The van der Waals surface area contributed by atoms with Gasteiger partial charge in [-0.3, -0.25) is 19.6 Å². The van der Waals surface area contributed by atoms with Crippen LogP contribution in [-0.4, -0.2) is 43.6 Å². The Hall–Kier alpha value is -3.55. The van der Waals surface area contributed by atoms with E-state index in [1.807, 2.05) is 6.07 Å². The third-order valence-corrected chi connectivity index (χ3v) is 3.25. The Balaban J connectivity index is 2.06. The minimum absolute atomic E-state index is 0.117. The fraction of sp³-hybridized carbons (Fsp3) is 0.0625. The van der Waals surface area contributed by atoms with Gasteiger partial charge in [0.2, 0.25) is 0 Å². The van der Waals surface area contributed by atoms with Crippen LogP contribution in [0.3, 0.4) is 0 Å². The Bertz CT molecular complexity index is 928. The highest BCUT2D eigenvalue weighted by Gasteiger charge is 2.18. The minimum atomic E-state index is -1.19. The SMILES string of the molecule is O=C(O)CNC(=O)c1c(O)ccc2nc(-c3ccccn3)cnc12. The molecule has 120 valence electrons. The lowest BCUT2D eigenvalue weighted by Gasteiger charge is -2.09. The zero-order valence-corrected chi connectivity index (χ0v) is 12.3. The summed E-state index contributed by atoms with van der Waals surface area (Å²) in [5, 5.41) is 20.8. The molecule has 2 heterocycles. The number of benzene rings is 1. The number of carboxylic acids is 1. The first-order valence-electron chi connectivity index (χ1n) is 6.96. The van der Waals surface area contributed by atoms with Gasteiger partial charge < -0.3 is 15.5 Å². The predicted molar refractivity (Wildman–Crippen MR) is 84.4 cm³/mol. The van der Waals surface area contributed by atoms with E-state index in [1.165, 1.54) is 18.3 Å². The molecule has 0 bridgehead atoms. The van der Waals surface area contributed by atoms with Crippen molar-refractivity contribution in [3.05, 3.63) is 48.3 Å². The third kappa shape index (κ3) is 2.98. The summed E-state index contributed by atoms with van der Waals surface area (Å²) in [5.41, 5.74) is 1.59. The summed E-state index contributed by atoms with van der Waals surface area (Å²) in [6.45, 7) is -0.561. The molecule has 2 aromatic heterocycles. The summed E-state index contributed by atoms with van der Waals surface area (Å²) >= 11 is 0. The van der Waals surface area contributed by atoms with E-state index in [9.17, 15) is 14.7 Å². The molecule has 0 unspecified atom stereocenters. The smallest absolute Gasteiger partial charge is 0.322 e. The van der Waals surface area contributed by atoms with E-state index in [-0.39, 0.29) is 16.8 Å². The van der Waals surface area contributed by atoms with Gasteiger partial charge in [0.15, 0.2) is 0 Å². The molecule has 1 aromatic carbocycles. The van der Waals surface area contributed by atoms with Gasteiger partial charge in [0.05, 0.1) is 17.4 Å². The van der Waals surface area contributed by atoms with Crippen molar-refractivity contribution in [1.29, 1.82) is 0 Å². The lowest BCUT2D eigenvalue weighted by atomic mass is 10.1. The van der Waals surface area contributed by atoms with Crippen molar-refractivity contribution < 1.29 is 19.8 Å². The first kappa shape index (κ1) is 15.3. The molecule has 8 nitrogen and oxygen atoms in total. The van der Waals surface area contributed by atoms with Crippen LogP contribution in [0.15, 0.2) is 42.7 Å². The summed E-state index contributed by atoms with van der Waals surface area (Å²) in [6.07, 6.45) is 3.07. The number of carbonyl (C=O) groups excluding carboxylic acids is 1. The fourth-order valence-electron chi connectivity index (χ4n) is 2.18. The Kier molecular flexibility index (Phi) is 4.02. The number of phenolic OH excluding ortho intramolecular Hbond substituents is 1. The quantitative estimate of drug-likeness (QED) is 0.658. The molecule has 3 aromatic rings. The molecule has 1 amide bonds. The van der Waals surface area contributed by atoms with Crippen molar-refractivity contribution in [2.45, 2.75) is 0 Å². The number of phenols is 1. The van der Waals surface area contributed by atoms with E-state index in [0.29, 0.717) is 16.9 Å². The maximum absolute atomic E-state index is 12.1. The van der Waals surface area contributed by atoms with Crippen LogP contribution in [0.1, 0.15) is 10.4 Å². The van der Waals surface area contributed by atoms with Crippen molar-refractivity contribution in [3.63, 3.8) is 0 Å². The van der Waals surface area contributed by atoms with Gasteiger partial charge in [0.1, 0.15) is 29.1 Å². The number of hydrogen-bond donors (Lipinski definition) is 3. The molecule has 3 N–H and O–H groups in total. The average molecular weight is 324 g/mol. The molecular formula is C16H12N4O4. The molecule has 0 radical (unpaired) electrons. The Morgan fingerprint density at radius 1 is 1.08 bits per heavy atom. The molecule has 0 fully saturated rings. The van der Waals surface area contributed by atoms with Crippen LogP contribution in [0.5, 0.6) is 5.75 Å². The van der Waals surface area contributed by atoms with Gasteiger partial charge in [-0.25, -0.2) is 4.98 Å². The molecule has 8 heteroatoms. The summed E-state index contributed by atoms with van der Waals surface area (Å²) < 4.78 is 0. The number of carbonyl (C=O) groups is 2. The van der Waals surface area contributed by atoms with Gasteiger partial charge in [-0.2, -0.15) is 0 Å². The Morgan fingerprint density at radius 2 is 1.92 bits per heavy atom. The topological polar surface area (TPSA) is 125 Å². The second kappa shape index (κ2) is 6.29. The molecular weight excluding hydrogens is 312 g/mol. The minimum Gasteiger partial charge on any atom is -0.507 e. The highest BCUT2D eigenvalue weighted by molar-refractivity contribution is 6.08. The number of aromatic nitrogens is 3. The predicted octanol–water partition coefficient (Wildman–Crippen LogP) is 1.21. The van der Waals surface area contributed by atoms with E-state index < -0.39 is 18.4 Å². The maximum Gasteiger partial charge on any atom is 0.322 e. The highest BCUT2D eigenvalue weighted by atomic mass is 16.4. The molecule has 0 aliphatic rings. The summed E-state index contributed by atoms with van der Waals surface area (Å²) in [6, 6.07) is 8.21. The average Bonchev–Trinajstić information content (AvgIpc) is 2.60. The number of amides is 1. The number of carboxylic acid groups (broad SMARTS) is 1. The number of aliphatic carboxylic acids is 1. The van der Waals surface area contributed by atoms with Gasteiger partial charge in [-0.05, 0) is 24.3 Å². The number of rotatable bonds is 4. The summed E-state index contributed by atoms with van der Waals surface area (Å²) in [7, 11) is 0. The van der Waals surface area contributed by atoms with E-state index in [1.54, 1.807) is 18.3 Å². The largest absolute Gasteiger partial charge is 0.507 e. The van der Waals surface area contributed by atoms with E-state index in [4.69, 9.17) is 5.11 Å². The second-order valence-electron chi connectivity index (χ2n) is 4.87. The van der Waals surface area contributed by atoms with Crippen molar-refractivity contribution >= 4 is 22.9 Å². The van der Waals surface area contributed by atoms with Crippen molar-refractivity contribution in [3.8, 4) is 17.1 Å². The van der Waals surface area contributed by atoms with E-state index >= 15 is 0 Å². The van der Waals surface area contributed by atoms with Crippen LogP contribution < -0.4 is 5.32 Å². The van der Waals surface area contributed by atoms with Gasteiger partial charge in [0, 0.05) is 6.20 Å². The first-order chi connectivity index (χ1) is 11.6. The van der Waals surface area contributed by atoms with Crippen LogP contribution >= 0.6 is 0 Å². The Morgan fingerprint density at radius 3 is 2.62 bits per heavy atom. The monoisotopic (exact) mass is 324 g/mol. The van der Waals surface area contributed by atoms with Crippen LogP contribution in [0.4, 0.5) is 0 Å². The lowest BCUT2D eigenvalue weighted by molar-refractivity contribution is -0.135. The van der Waals surface area contributed by atoms with Crippen molar-refractivity contribution in [2.75, 3.05) is 6.54 Å². The molecule has 0 saturated heterocycles. The number of hydrogen-bond acceptors (Lipinski definition) is 6. The summed E-state index contributed by atoms with van der Waals surface area (Å²) in [4.78, 5) is 35.5. The van der Waals surface area contributed by atoms with Gasteiger partial charge in [0.25, 0.3) is 5.91 Å². The molecule has 0 aliphatic carbocycles. The maximum atomic E-state index is 12.1. The number of fused-ring (bicyclic) bond motifs is 1. The molecule has 24 heavy (non-hydrogen) atoms. The van der Waals surface area contributed by atoms with Gasteiger partial charge >= 0.3 is 5.97 Å². The van der Waals surface area contributed by atoms with E-state index in [0.717, 1.165) is 0 Å². The number of nitrogens with one attached hydrogen (secondary N) is 1. The normalized spacial score (nSPS) is 10.5. The number of aromatic hydroxyl groups is 1. The van der Waals surface area contributed by atoms with Crippen LogP contribution in [-0.2, 0) is 4.79 Å². The van der Waals surface area contributed by atoms with Crippen LogP contribution in [0.25, 0.3) is 22.4 Å².